The van der Waals surface area contributed by atoms with Gasteiger partial charge in [-0.15, -0.1) is 0 Å². The Balaban J connectivity index is 2.11. The largest absolute Gasteiger partial charge is 0.294 e. The van der Waals surface area contributed by atoms with Gasteiger partial charge in [0, 0.05) is 5.02 Å². The van der Waals surface area contributed by atoms with Crippen molar-refractivity contribution in [3.8, 4) is 0 Å². The minimum Gasteiger partial charge on any atom is -0.294 e. The summed E-state index contributed by atoms with van der Waals surface area (Å²) in [6.45, 7) is 4.61. The lowest BCUT2D eigenvalue weighted by Crippen LogP contribution is -2.21. The highest BCUT2D eigenvalue weighted by Crippen LogP contribution is 2.15. The van der Waals surface area contributed by atoms with Gasteiger partial charge in [-0.3, -0.25) is 9.36 Å². The fraction of sp³-hybridized carbons (Fsp3) is 0.176. The van der Waals surface area contributed by atoms with Gasteiger partial charge in [-0.2, -0.15) is 0 Å². The van der Waals surface area contributed by atoms with Crippen molar-refractivity contribution in [2.75, 3.05) is 0 Å². The molecule has 0 atom stereocenters. The van der Waals surface area contributed by atoms with Crippen LogP contribution in [-0.4, -0.2) is 9.55 Å². The first-order valence-electron chi connectivity index (χ1n) is 6.75. The van der Waals surface area contributed by atoms with Crippen LogP contribution in [0.1, 0.15) is 16.7 Å². The Morgan fingerprint density at radius 3 is 2.76 bits per heavy atom. The third-order valence-corrected chi connectivity index (χ3v) is 3.87. The normalized spacial score (nSPS) is 11.0. The zero-order chi connectivity index (χ0) is 15.0. The molecule has 0 radical (unpaired) electrons. The predicted molar refractivity (Wildman–Crippen MR) is 86.0 cm³/mol. The van der Waals surface area contributed by atoms with Crippen LogP contribution < -0.4 is 5.56 Å². The van der Waals surface area contributed by atoms with Gasteiger partial charge < -0.3 is 0 Å². The quantitative estimate of drug-likeness (QED) is 0.723. The highest BCUT2D eigenvalue weighted by atomic mass is 35.5. The third-order valence-electron chi connectivity index (χ3n) is 3.63. The summed E-state index contributed by atoms with van der Waals surface area (Å²) >= 11 is 5.97. The third kappa shape index (κ3) is 2.69. The van der Waals surface area contributed by atoms with E-state index in [0.717, 1.165) is 5.56 Å². The maximum absolute atomic E-state index is 12.5. The number of aryl methyl sites for hydroxylation is 2. The minimum atomic E-state index is -0.0663. The summed E-state index contributed by atoms with van der Waals surface area (Å²) in [6, 6.07) is 11.4. The number of nitrogens with zero attached hydrogens (tertiary/aromatic N) is 2. The SMILES string of the molecule is Cc1ccc(C)c(Cn2cnc3ccc(Cl)cc3c2=O)c1. The van der Waals surface area contributed by atoms with Gasteiger partial charge in [-0.05, 0) is 43.2 Å². The van der Waals surface area contributed by atoms with Crippen LogP contribution in [0, 0.1) is 13.8 Å². The first kappa shape index (κ1) is 13.8. The van der Waals surface area contributed by atoms with Crippen molar-refractivity contribution in [3.05, 3.63) is 74.8 Å². The van der Waals surface area contributed by atoms with Gasteiger partial charge in [0.15, 0.2) is 0 Å². The minimum absolute atomic E-state index is 0.0663. The fourth-order valence-corrected chi connectivity index (χ4v) is 2.57. The monoisotopic (exact) mass is 298 g/mol. The average molecular weight is 299 g/mol. The molecule has 0 N–H and O–H groups in total. The molecule has 3 rings (SSSR count). The molecule has 0 unspecified atom stereocenters. The number of aromatic nitrogens is 2. The van der Waals surface area contributed by atoms with Gasteiger partial charge >= 0.3 is 0 Å². The zero-order valence-corrected chi connectivity index (χ0v) is 12.7. The highest BCUT2D eigenvalue weighted by molar-refractivity contribution is 6.31. The Bertz CT molecular complexity index is 884. The molecule has 0 aliphatic carbocycles. The number of benzene rings is 2. The Kier molecular flexibility index (Phi) is 3.52. The van der Waals surface area contributed by atoms with Crippen molar-refractivity contribution in [1.29, 1.82) is 0 Å². The molecule has 21 heavy (non-hydrogen) atoms. The first-order chi connectivity index (χ1) is 10.0. The molecule has 1 aromatic heterocycles. The summed E-state index contributed by atoms with van der Waals surface area (Å²) in [5.41, 5.74) is 4.07. The Morgan fingerprint density at radius 2 is 1.95 bits per heavy atom. The molecule has 3 aromatic rings. The molecule has 0 saturated carbocycles. The van der Waals surface area contributed by atoms with Crippen molar-refractivity contribution < 1.29 is 0 Å². The molecule has 0 saturated heterocycles. The molecule has 0 amide bonds. The lowest BCUT2D eigenvalue weighted by Gasteiger charge is -2.10. The van der Waals surface area contributed by atoms with E-state index in [1.165, 1.54) is 11.1 Å². The molecular formula is C17H15ClN2O. The van der Waals surface area contributed by atoms with Crippen LogP contribution in [-0.2, 0) is 6.54 Å². The van der Waals surface area contributed by atoms with E-state index in [-0.39, 0.29) is 5.56 Å². The van der Waals surface area contributed by atoms with Crippen molar-refractivity contribution in [2.45, 2.75) is 20.4 Å². The molecule has 0 bridgehead atoms. The van der Waals surface area contributed by atoms with Crippen molar-refractivity contribution in [3.63, 3.8) is 0 Å². The highest BCUT2D eigenvalue weighted by Gasteiger charge is 2.07. The van der Waals surface area contributed by atoms with Gasteiger partial charge in [0.1, 0.15) is 0 Å². The lowest BCUT2D eigenvalue weighted by atomic mass is 10.1. The van der Waals surface area contributed by atoms with Gasteiger partial charge in [-0.25, -0.2) is 4.98 Å². The topological polar surface area (TPSA) is 34.9 Å². The summed E-state index contributed by atoms with van der Waals surface area (Å²) in [5.74, 6) is 0. The van der Waals surface area contributed by atoms with Crippen LogP contribution in [0.15, 0.2) is 47.5 Å². The predicted octanol–water partition coefficient (Wildman–Crippen LogP) is 3.72. The molecular weight excluding hydrogens is 284 g/mol. The molecule has 4 heteroatoms. The zero-order valence-electron chi connectivity index (χ0n) is 11.9. The molecule has 2 aromatic carbocycles. The van der Waals surface area contributed by atoms with E-state index in [9.17, 15) is 4.79 Å². The molecule has 106 valence electrons. The first-order valence-corrected chi connectivity index (χ1v) is 7.13. The van der Waals surface area contributed by atoms with Crippen LogP contribution in [0.4, 0.5) is 0 Å². The van der Waals surface area contributed by atoms with Crippen LogP contribution in [0.5, 0.6) is 0 Å². The average Bonchev–Trinajstić information content (AvgIpc) is 2.46. The maximum Gasteiger partial charge on any atom is 0.261 e. The number of fused-ring (bicyclic) bond motifs is 1. The number of hydrogen-bond donors (Lipinski definition) is 0. The Labute approximate surface area is 127 Å². The summed E-state index contributed by atoms with van der Waals surface area (Å²) in [6.07, 6.45) is 1.60. The summed E-state index contributed by atoms with van der Waals surface area (Å²) in [7, 11) is 0. The van der Waals surface area contributed by atoms with Gasteiger partial charge in [0.2, 0.25) is 0 Å². The molecule has 3 nitrogen and oxygen atoms in total. The summed E-state index contributed by atoms with van der Waals surface area (Å²) < 4.78 is 1.63. The van der Waals surface area contributed by atoms with Gasteiger partial charge in [0.25, 0.3) is 5.56 Å². The second kappa shape index (κ2) is 5.34. The smallest absolute Gasteiger partial charge is 0.261 e. The van der Waals surface area contributed by atoms with Crippen molar-refractivity contribution in [2.24, 2.45) is 0 Å². The van der Waals surface area contributed by atoms with E-state index < -0.39 is 0 Å². The molecule has 0 spiro atoms. The lowest BCUT2D eigenvalue weighted by molar-refractivity contribution is 0.744. The van der Waals surface area contributed by atoms with Crippen molar-refractivity contribution in [1.82, 2.24) is 9.55 Å². The second-order valence-corrected chi connectivity index (χ2v) is 5.71. The van der Waals surface area contributed by atoms with Crippen molar-refractivity contribution >= 4 is 22.5 Å². The van der Waals surface area contributed by atoms with Crippen LogP contribution in [0.3, 0.4) is 0 Å². The van der Waals surface area contributed by atoms with E-state index in [1.807, 2.05) is 13.8 Å². The maximum atomic E-state index is 12.5. The van der Waals surface area contributed by atoms with E-state index in [0.29, 0.717) is 22.5 Å². The number of rotatable bonds is 2. The van der Waals surface area contributed by atoms with Crippen LogP contribution >= 0.6 is 11.6 Å². The van der Waals surface area contributed by atoms with Crippen LogP contribution in [0.25, 0.3) is 10.9 Å². The van der Waals surface area contributed by atoms with E-state index in [1.54, 1.807) is 29.1 Å². The fourth-order valence-electron chi connectivity index (χ4n) is 2.40. The molecule has 1 heterocycles. The number of hydrogen-bond acceptors (Lipinski definition) is 2. The van der Waals surface area contributed by atoms with E-state index in [4.69, 9.17) is 11.6 Å². The van der Waals surface area contributed by atoms with Gasteiger partial charge in [-0.1, -0.05) is 35.4 Å². The Hall–Kier alpha value is -2.13. The Morgan fingerprint density at radius 1 is 1.14 bits per heavy atom. The second-order valence-electron chi connectivity index (χ2n) is 5.27. The number of halogens is 1. The van der Waals surface area contributed by atoms with E-state index >= 15 is 0 Å². The molecule has 0 aliphatic heterocycles. The van der Waals surface area contributed by atoms with Crippen LogP contribution in [0.2, 0.25) is 5.02 Å². The standard InChI is InChI=1S/C17H15ClN2O/c1-11-3-4-12(2)13(7-11)9-20-10-19-16-6-5-14(18)8-15(16)17(20)21/h3-8,10H,9H2,1-2H3. The summed E-state index contributed by atoms with van der Waals surface area (Å²) in [5, 5.41) is 1.10. The summed E-state index contributed by atoms with van der Waals surface area (Å²) in [4.78, 5) is 16.9. The van der Waals surface area contributed by atoms with E-state index in [2.05, 4.69) is 23.2 Å². The van der Waals surface area contributed by atoms with Gasteiger partial charge in [0.05, 0.1) is 23.8 Å². The molecule has 0 aliphatic rings. The molecule has 0 fully saturated rings.